The lowest BCUT2D eigenvalue weighted by Gasteiger charge is -2.26. The molecular weight excluding hydrogens is 222 g/mol. The maximum atomic E-state index is 7.50. The predicted octanol–water partition coefficient (Wildman–Crippen LogP) is 2.49. The van der Waals surface area contributed by atoms with Gasteiger partial charge in [0.05, 0.1) is 6.04 Å². The summed E-state index contributed by atoms with van der Waals surface area (Å²) < 4.78 is 0. The third-order valence-electron chi connectivity index (χ3n) is 2.66. The molecule has 0 saturated carbocycles. The summed E-state index contributed by atoms with van der Waals surface area (Å²) in [5, 5.41) is 8.26. The Morgan fingerprint density at radius 1 is 1.50 bits per heavy atom. The molecule has 0 heterocycles. The van der Waals surface area contributed by atoms with Crippen molar-refractivity contribution >= 4 is 17.4 Å². The summed E-state index contributed by atoms with van der Waals surface area (Å²) in [4.78, 5) is 2.05. The Morgan fingerprint density at radius 2 is 2.12 bits per heavy atom. The topological polar surface area (TPSA) is 53.1 Å². The Bertz CT molecular complexity index is 365. The zero-order chi connectivity index (χ0) is 12.1. The molecule has 1 atom stereocenters. The molecule has 0 fully saturated rings. The summed E-state index contributed by atoms with van der Waals surface area (Å²) in [7, 11) is 1.96. The lowest BCUT2D eigenvalue weighted by atomic mass is 10.1. The minimum Gasteiger partial charge on any atom is -0.386 e. The SMILES string of the molecule is CCC(C(=N)N)N(C)Cc1ccccc1Cl. The van der Waals surface area contributed by atoms with E-state index >= 15 is 0 Å². The number of likely N-dealkylation sites (N-methyl/N-ethyl adjacent to an activating group) is 1. The van der Waals surface area contributed by atoms with Crippen LogP contribution in [0.4, 0.5) is 0 Å². The van der Waals surface area contributed by atoms with E-state index in [0.29, 0.717) is 6.54 Å². The molecule has 0 radical (unpaired) electrons. The Morgan fingerprint density at radius 3 is 2.62 bits per heavy atom. The van der Waals surface area contributed by atoms with Crippen LogP contribution in [-0.4, -0.2) is 23.8 Å². The number of amidine groups is 1. The predicted molar refractivity (Wildman–Crippen MR) is 68.9 cm³/mol. The zero-order valence-electron chi connectivity index (χ0n) is 9.70. The van der Waals surface area contributed by atoms with Crippen LogP contribution in [0.5, 0.6) is 0 Å². The van der Waals surface area contributed by atoms with E-state index in [9.17, 15) is 0 Å². The Hall–Kier alpha value is -1.06. The summed E-state index contributed by atoms with van der Waals surface area (Å²) in [6.07, 6.45) is 0.830. The minimum atomic E-state index is -0.0173. The third kappa shape index (κ3) is 3.22. The molecule has 0 amide bonds. The number of nitrogens with two attached hydrogens (primary N) is 1. The number of benzene rings is 1. The fourth-order valence-electron chi connectivity index (χ4n) is 1.77. The van der Waals surface area contributed by atoms with Gasteiger partial charge in [-0.15, -0.1) is 0 Å². The maximum absolute atomic E-state index is 7.50. The zero-order valence-corrected chi connectivity index (χ0v) is 10.5. The van der Waals surface area contributed by atoms with Crippen molar-refractivity contribution in [1.82, 2.24) is 4.90 Å². The number of hydrogen-bond donors (Lipinski definition) is 2. The van der Waals surface area contributed by atoms with Crippen LogP contribution in [0.1, 0.15) is 18.9 Å². The molecule has 0 saturated heterocycles. The second kappa shape index (κ2) is 5.87. The van der Waals surface area contributed by atoms with Crippen LogP contribution in [0.25, 0.3) is 0 Å². The summed E-state index contributed by atoms with van der Waals surface area (Å²) >= 11 is 6.08. The van der Waals surface area contributed by atoms with Gasteiger partial charge in [0, 0.05) is 11.6 Å². The molecule has 88 valence electrons. The lowest BCUT2D eigenvalue weighted by Crippen LogP contribution is -2.41. The Kier molecular flexibility index (Phi) is 4.77. The molecule has 16 heavy (non-hydrogen) atoms. The van der Waals surface area contributed by atoms with Crippen molar-refractivity contribution in [1.29, 1.82) is 5.41 Å². The highest BCUT2D eigenvalue weighted by Gasteiger charge is 2.16. The first-order valence-electron chi connectivity index (χ1n) is 5.33. The Balaban J connectivity index is 2.74. The monoisotopic (exact) mass is 239 g/mol. The molecule has 3 nitrogen and oxygen atoms in total. The first-order chi connectivity index (χ1) is 7.56. The molecule has 1 aromatic carbocycles. The minimum absolute atomic E-state index is 0.0173. The summed E-state index contributed by atoms with van der Waals surface area (Å²) in [6, 6.07) is 7.72. The standard InChI is InChI=1S/C12H18ClN3/c1-3-11(12(14)15)16(2)8-9-6-4-5-7-10(9)13/h4-7,11H,3,8H2,1-2H3,(H3,14,15). The lowest BCUT2D eigenvalue weighted by molar-refractivity contribution is 0.281. The van der Waals surface area contributed by atoms with Crippen LogP contribution in [0, 0.1) is 5.41 Å². The second-order valence-corrected chi connectivity index (χ2v) is 4.29. The molecule has 0 bridgehead atoms. The molecule has 1 rings (SSSR count). The van der Waals surface area contributed by atoms with Gasteiger partial charge in [0.1, 0.15) is 5.84 Å². The van der Waals surface area contributed by atoms with Crippen LogP contribution in [0.2, 0.25) is 5.02 Å². The summed E-state index contributed by atoms with van der Waals surface area (Å²) in [6.45, 7) is 2.73. The average molecular weight is 240 g/mol. The van der Waals surface area contributed by atoms with E-state index in [0.717, 1.165) is 17.0 Å². The summed E-state index contributed by atoms with van der Waals surface area (Å²) in [5.74, 6) is 0.206. The van der Waals surface area contributed by atoms with Crippen LogP contribution in [0.15, 0.2) is 24.3 Å². The average Bonchev–Trinajstić information content (AvgIpc) is 2.22. The van der Waals surface area contributed by atoms with E-state index in [1.54, 1.807) is 0 Å². The number of nitrogens with zero attached hydrogens (tertiary/aromatic N) is 1. The highest BCUT2D eigenvalue weighted by atomic mass is 35.5. The van der Waals surface area contributed by atoms with Gasteiger partial charge in [-0.2, -0.15) is 0 Å². The molecule has 0 spiro atoms. The van der Waals surface area contributed by atoms with Gasteiger partial charge in [0.2, 0.25) is 0 Å². The number of halogens is 1. The van der Waals surface area contributed by atoms with Crippen molar-refractivity contribution in [3.05, 3.63) is 34.9 Å². The molecule has 4 heteroatoms. The molecule has 0 aromatic heterocycles. The smallest absolute Gasteiger partial charge is 0.108 e. The third-order valence-corrected chi connectivity index (χ3v) is 3.02. The van der Waals surface area contributed by atoms with Gasteiger partial charge in [0.15, 0.2) is 0 Å². The van der Waals surface area contributed by atoms with E-state index in [-0.39, 0.29) is 11.9 Å². The van der Waals surface area contributed by atoms with Gasteiger partial charge >= 0.3 is 0 Å². The van der Waals surface area contributed by atoms with Gasteiger partial charge in [0.25, 0.3) is 0 Å². The first-order valence-corrected chi connectivity index (χ1v) is 5.71. The van der Waals surface area contributed by atoms with E-state index in [1.807, 2.05) is 43.1 Å². The van der Waals surface area contributed by atoms with E-state index < -0.39 is 0 Å². The van der Waals surface area contributed by atoms with Crippen LogP contribution in [0.3, 0.4) is 0 Å². The molecule has 0 aliphatic rings. The molecule has 3 N–H and O–H groups in total. The van der Waals surface area contributed by atoms with Crippen LogP contribution in [-0.2, 0) is 6.54 Å². The van der Waals surface area contributed by atoms with Crippen LogP contribution >= 0.6 is 11.6 Å². The van der Waals surface area contributed by atoms with Crippen LogP contribution < -0.4 is 5.73 Å². The molecule has 0 aliphatic heterocycles. The molecule has 1 unspecified atom stereocenters. The van der Waals surface area contributed by atoms with Gasteiger partial charge in [-0.1, -0.05) is 36.7 Å². The highest BCUT2D eigenvalue weighted by molar-refractivity contribution is 6.31. The van der Waals surface area contributed by atoms with Crippen molar-refractivity contribution in [2.75, 3.05) is 7.05 Å². The van der Waals surface area contributed by atoms with Crippen molar-refractivity contribution in [2.24, 2.45) is 5.73 Å². The summed E-state index contributed by atoms with van der Waals surface area (Å²) in [5.41, 5.74) is 6.61. The number of nitrogens with one attached hydrogen (secondary N) is 1. The van der Waals surface area contributed by atoms with Gasteiger partial charge in [-0.3, -0.25) is 10.3 Å². The van der Waals surface area contributed by atoms with E-state index in [4.69, 9.17) is 22.7 Å². The van der Waals surface area contributed by atoms with Crippen molar-refractivity contribution in [3.63, 3.8) is 0 Å². The molecule has 1 aromatic rings. The first kappa shape index (κ1) is 13.0. The van der Waals surface area contributed by atoms with Crippen molar-refractivity contribution < 1.29 is 0 Å². The normalized spacial score (nSPS) is 12.8. The molecular formula is C12H18ClN3. The fourth-order valence-corrected chi connectivity index (χ4v) is 1.97. The fraction of sp³-hybridized carbons (Fsp3) is 0.417. The largest absolute Gasteiger partial charge is 0.386 e. The number of rotatable bonds is 5. The van der Waals surface area contributed by atoms with Gasteiger partial charge in [-0.25, -0.2) is 0 Å². The van der Waals surface area contributed by atoms with Crippen molar-refractivity contribution in [2.45, 2.75) is 25.9 Å². The quantitative estimate of drug-likeness (QED) is 0.613. The molecule has 0 aliphatic carbocycles. The maximum Gasteiger partial charge on any atom is 0.108 e. The van der Waals surface area contributed by atoms with E-state index in [1.165, 1.54) is 0 Å². The Labute approximate surface area is 102 Å². The second-order valence-electron chi connectivity index (χ2n) is 3.89. The number of hydrogen-bond acceptors (Lipinski definition) is 2. The van der Waals surface area contributed by atoms with E-state index in [2.05, 4.69) is 0 Å². The van der Waals surface area contributed by atoms with Crippen molar-refractivity contribution in [3.8, 4) is 0 Å². The highest BCUT2D eigenvalue weighted by Crippen LogP contribution is 2.17. The van der Waals surface area contributed by atoms with Gasteiger partial charge in [-0.05, 0) is 25.1 Å². The van der Waals surface area contributed by atoms with Gasteiger partial charge < -0.3 is 5.73 Å².